The number of hydrogen-bond donors (Lipinski definition) is 0. The second-order valence-corrected chi connectivity index (χ2v) is 8.05. The number of nitrogens with zero attached hydrogens (tertiary/aromatic N) is 1. The van der Waals surface area contributed by atoms with Crippen LogP contribution in [0.1, 0.15) is 33.3 Å². The fraction of sp³-hybridized carbons (Fsp3) is 0.273. The number of esters is 1. The highest BCUT2D eigenvalue weighted by Crippen LogP contribution is 2.33. The highest BCUT2D eigenvalue weighted by Gasteiger charge is 2.28. The largest absolute Gasteiger partial charge is 0.448 e. The average Bonchev–Trinajstić information content (AvgIpc) is 3.05. The first-order chi connectivity index (χ1) is 13.5. The number of hydrogen-bond acceptors (Lipinski definition) is 4. The van der Waals surface area contributed by atoms with Crippen molar-refractivity contribution in [2.24, 2.45) is 0 Å². The summed E-state index contributed by atoms with van der Waals surface area (Å²) in [4.78, 5) is 27.5. The number of fused-ring (bicyclic) bond motifs is 2. The lowest BCUT2D eigenvalue weighted by atomic mass is 9.99. The van der Waals surface area contributed by atoms with E-state index in [1.165, 1.54) is 23.0 Å². The van der Waals surface area contributed by atoms with Crippen molar-refractivity contribution < 1.29 is 18.7 Å². The summed E-state index contributed by atoms with van der Waals surface area (Å²) in [5.74, 6) is -1.16. The molecule has 0 fully saturated rings. The maximum atomic E-state index is 14.1. The van der Waals surface area contributed by atoms with Crippen LogP contribution in [-0.4, -0.2) is 29.4 Å². The molecular weight excluding hydrogens is 377 g/mol. The molecule has 1 amide bonds. The number of ether oxygens (including phenoxy) is 1. The van der Waals surface area contributed by atoms with Crippen LogP contribution in [0.5, 0.6) is 0 Å². The second-order valence-electron chi connectivity index (χ2n) is 7.00. The average molecular weight is 397 g/mol. The first-order valence-corrected chi connectivity index (χ1v) is 10.0. The lowest BCUT2D eigenvalue weighted by Crippen LogP contribution is -2.42. The highest BCUT2D eigenvalue weighted by atomic mass is 32.1. The molecule has 1 aliphatic rings. The van der Waals surface area contributed by atoms with Gasteiger partial charge in [-0.2, -0.15) is 0 Å². The minimum absolute atomic E-state index is 0.215. The van der Waals surface area contributed by atoms with Crippen molar-refractivity contribution in [2.45, 2.75) is 32.9 Å². The molecule has 144 valence electrons. The Morgan fingerprint density at radius 1 is 1.14 bits per heavy atom. The number of thiophene rings is 1. The van der Waals surface area contributed by atoms with Gasteiger partial charge in [0.15, 0.2) is 6.10 Å². The minimum Gasteiger partial charge on any atom is -0.448 e. The number of carbonyl (C=O) groups excluding carboxylic acids is 2. The molecule has 4 rings (SSSR count). The number of halogens is 1. The van der Waals surface area contributed by atoms with Gasteiger partial charge >= 0.3 is 5.97 Å². The maximum Gasteiger partial charge on any atom is 0.349 e. The van der Waals surface area contributed by atoms with E-state index in [0.717, 1.165) is 12.0 Å². The molecule has 0 radical (unpaired) electrons. The third-order valence-corrected chi connectivity index (χ3v) is 6.40. The van der Waals surface area contributed by atoms with E-state index in [0.29, 0.717) is 33.6 Å². The molecule has 0 unspecified atom stereocenters. The first-order valence-electron chi connectivity index (χ1n) is 9.20. The molecular formula is C22H20FNO3S. The number of carbonyl (C=O) groups is 2. The molecule has 1 aromatic heterocycles. The lowest BCUT2D eigenvalue weighted by molar-refractivity contribution is -0.140. The van der Waals surface area contributed by atoms with Crippen molar-refractivity contribution >= 4 is 33.3 Å². The standard InChI is InChI=1S/C22H20FNO3S/c1-13-19-17(23)8-5-9-18(19)28-20(13)22(26)27-14(2)21(25)24-11-10-15-6-3-4-7-16(15)12-24/h3-9,14H,10-12H2,1-2H3/t14-/m0/s1. The summed E-state index contributed by atoms with van der Waals surface area (Å²) in [7, 11) is 0. The molecule has 6 heteroatoms. The van der Waals surface area contributed by atoms with E-state index in [2.05, 4.69) is 6.07 Å². The Labute approximate surface area is 166 Å². The molecule has 1 atom stereocenters. The summed E-state index contributed by atoms with van der Waals surface area (Å²) in [5.41, 5.74) is 2.92. The van der Waals surface area contributed by atoms with Crippen molar-refractivity contribution in [3.63, 3.8) is 0 Å². The van der Waals surface area contributed by atoms with Crippen LogP contribution in [-0.2, 0) is 22.5 Å². The maximum absolute atomic E-state index is 14.1. The normalized spacial score (nSPS) is 14.6. The van der Waals surface area contributed by atoms with Gasteiger partial charge in [0.25, 0.3) is 5.91 Å². The molecule has 0 N–H and O–H groups in total. The van der Waals surface area contributed by atoms with Gasteiger partial charge in [-0.1, -0.05) is 30.3 Å². The molecule has 2 aromatic carbocycles. The third-order valence-electron chi connectivity index (χ3n) is 5.16. The van der Waals surface area contributed by atoms with Crippen molar-refractivity contribution in [3.8, 4) is 0 Å². The zero-order valence-electron chi connectivity index (χ0n) is 15.7. The van der Waals surface area contributed by atoms with Gasteiger partial charge in [-0.15, -0.1) is 11.3 Å². The van der Waals surface area contributed by atoms with Crippen LogP contribution >= 0.6 is 11.3 Å². The smallest absolute Gasteiger partial charge is 0.349 e. The van der Waals surface area contributed by atoms with Crippen molar-refractivity contribution in [3.05, 3.63) is 69.8 Å². The van der Waals surface area contributed by atoms with E-state index in [1.807, 2.05) is 18.2 Å². The fourth-order valence-electron chi connectivity index (χ4n) is 3.65. The van der Waals surface area contributed by atoms with Gasteiger partial charge in [0, 0.05) is 23.2 Å². The fourth-order valence-corrected chi connectivity index (χ4v) is 4.76. The molecule has 0 aliphatic carbocycles. The van der Waals surface area contributed by atoms with Gasteiger partial charge in [-0.3, -0.25) is 4.79 Å². The van der Waals surface area contributed by atoms with Crippen LogP contribution in [0.3, 0.4) is 0 Å². The molecule has 4 nitrogen and oxygen atoms in total. The van der Waals surface area contributed by atoms with Gasteiger partial charge in [0.05, 0.1) is 0 Å². The zero-order chi connectivity index (χ0) is 19.8. The number of rotatable bonds is 3. The summed E-state index contributed by atoms with van der Waals surface area (Å²) in [5, 5.41) is 0.436. The van der Waals surface area contributed by atoms with E-state index >= 15 is 0 Å². The van der Waals surface area contributed by atoms with E-state index in [-0.39, 0.29) is 11.7 Å². The van der Waals surface area contributed by atoms with E-state index in [1.54, 1.807) is 30.9 Å². The zero-order valence-corrected chi connectivity index (χ0v) is 16.5. The van der Waals surface area contributed by atoms with Crippen LogP contribution in [0.15, 0.2) is 42.5 Å². The summed E-state index contributed by atoms with van der Waals surface area (Å²) in [6.45, 7) is 4.41. The molecule has 1 aliphatic heterocycles. The summed E-state index contributed by atoms with van der Waals surface area (Å²) < 4.78 is 20.2. The molecule has 0 spiro atoms. The quantitative estimate of drug-likeness (QED) is 0.612. The monoisotopic (exact) mass is 397 g/mol. The van der Waals surface area contributed by atoms with Crippen LogP contribution in [0.25, 0.3) is 10.1 Å². The van der Waals surface area contributed by atoms with Gasteiger partial charge in [0.2, 0.25) is 0 Å². The Morgan fingerprint density at radius 2 is 1.89 bits per heavy atom. The van der Waals surface area contributed by atoms with Gasteiger partial charge < -0.3 is 9.64 Å². The van der Waals surface area contributed by atoms with Gasteiger partial charge in [-0.25, -0.2) is 9.18 Å². The first kappa shape index (κ1) is 18.6. The van der Waals surface area contributed by atoms with Crippen molar-refractivity contribution in [2.75, 3.05) is 6.54 Å². The van der Waals surface area contributed by atoms with E-state index in [9.17, 15) is 14.0 Å². The van der Waals surface area contributed by atoms with Crippen LogP contribution in [0, 0.1) is 12.7 Å². The number of aryl methyl sites for hydroxylation is 1. The SMILES string of the molecule is Cc1c(C(=O)O[C@@H](C)C(=O)N2CCc3ccccc3C2)sc2cccc(F)c12. The van der Waals surface area contributed by atoms with Crippen molar-refractivity contribution in [1.29, 1.82) is 0 Å². The lowest BCUT2D eigenvalue weighted by Gasteiger charge is -2.30. The molecule has 0 bridgehead atoms. The molecule has 3 aromatic rings. The molecule has 0 saturated carbocycles. The van der Waals surface area contributed by atoms with Crippen molar-refractivity contribution in [1.82, 2.24) is 4.90 Å². The Morgan fingerprint density at radius 3 is 2.64 bits per heavy atom. The van der Waals surface area contributed by atoms with Gasteiger partial charge in [0.1, 0.15) is 10.7 Å². The minimum atomic E-state index is -0.896. The third kappa shape index (κ3) is 3.29. The topological polar surface area (TPSA) is 46.6 Å². The van der Waals surface area contributed by atoms with Crippen LogP contribution in [0.2, 0.25) is 0 Å². The Bertz CT molecular complexity index is 1070. The van der Waals surface area contributed by atoms with Crippen LogP contribution < -0.4 is 0 Å². The predicted octanol–water partition coefficient (Wildman–Crippen LogP) is 4.48. The second kappa shape index (κ2) is 7.36. The molecule has 28 heavy (non-hydrogen) atoms. The molecule has 2 heterocycles. The number of amides is 1. The highest BCUT2D eigenvalue weighted by molar-refractivity contribution is 7.21. The molecule has 0 saturated heterocycles. The van der Waals surface area contributed by atoms with Crippen LogP contribution in [0.4, 0.5) is 4.39 Å². The Balaban J connectivity index is 1.49. The van der Waals surface area contributed by atoms with Gasteiger partial charge in [-0.05, 0) is 49.1 Å². The summed E-state index contributed by atoms with van der Waals surface area (Å²) in [6.07, 6.45) is -0.107. The Kier molecular flexibility index (Phi) is 4.89. The Hall–Kier alpha value is -2.73. The summed E-state index contributed by atoms with van der Waals surface area (Å²) in [6, 6.07) is 12.8. The summed E-state index contributed by atoms with van der Waals surface area (Å²) >= 11 is 1.19. The number of benzene rings is 2. The predicted molar refractivity (Wildman–Crippen MR) is 107 cm³/mol. The van der Waals surface area contributed by atoms with E-state index < -0.39 is 12.1 Å². The van der Waals surface area contributed by atoms with E-state index in [4.69, 9.17) is 4.74 Å².